The van der Waals surface area contributed by atoms with Crippen molar-refractivity contribution in [3.63, 3.8) is 0 Å². The Hall–Kier alpha value is -1.10. The number of benzene rings is 1. The minimum absolute atomic E-state index is 0.0672. The van der Waals surface area contributed by atoms with Crippen molar-refractivity contribution in [1.82, 2.24) is 5.32 Å². The first-order valence-corrected chi connectivity index (χ1v) is 7.03. The lowest BCUT2D eigenvalue weighted by Gasteiger charge is -2.27. The Labute approximate surface area is 125 Å². The van der Waals surface area contributed by atoms with E-state index in [0.717, 1.165) is 5.56 Å². The molecule has 1 unspecified atom stereocenters. The predicted molar refractivity (Wildman–Crippen MR) is 82.0 cm³/mol. The van der Waals surface area contributed by atoms with Gasteiger partial charge in [0.25, 0.3) is 0 Å². The molecule has 3 N–H and O–H groups in total. The molecule has 0 saturated carbocycles. The van der Waals surface area contributed by atoms with Gasteiger partial charge in [0.2, 0.25) is 5.91 Å². The normalized spacial score (nSPS) is 13.1. The molecule has 0 aliphatic heterocycles. The summed E-state index contributed by atoms with van der Waals surface area (Å²) in [5.41, 5.74) is 6.28. The van der Waals surface area contributed by atoms with Crippen LogP contribution in [0.4, 0.5) is 0 Å². The zero-order chi connectivity index (χ0) is 15.2. The summed E-state index contributed by atoms with van der Waals surface area (Å²) in [6.45, 7) is 4.94. The molecule has 1 aromatic carbocycles. The monoisotopic (exact) mass is 298 g/mol. The standard InChI is InChI=1S/C15H23ClN2O2/c1-15(2,12-6-4-5-7-13(12)16)10-18-14(19)8-11(9-17)20-3/h4-7,11H,8-10,17H2,1-3H3,(H,18,19). The van der Waals surface area contributed by atoms with Crippen LogP contribution in [0, 0.1) is 0 Å². The van der Waals surface area contributed by atoms with Gasteiger partial charge in [0.05, 0.1) is 12.5 Å². The van der Waals surface area contributed by atoms with E-state index >= 15 is 0 Å². The molecule has 4 nitrogen and oxygen atoms in total. The molecule has 0 bridgehead atoms. The fourth-order valence-corrected chi connectivity index (χ4v) is 2.36. The zero-order valence-electron chi connectivity index (χ0n) is 12.3. The quantitative estimate of drug-likeness (QED) is 0.810. The molecule has 0 spiro atoms. The summed E-state index contributed by atoms with van der Waals surface area (Å²) in [5.74, 6) is -0.0672. The molecular formula is C15H23ClN2O2. The SMILES string of the molecule is COC(CN)CC(=O)NCC(C)(C)c1ccccc1Cl. The number of nitrogens with one attached hydrogen (secondary N) is 1. The summed E-state index contributed by atoms with van der Waals surface area (Å²) in [5, 5.41) is 3.63. The summed E-state index contributed by atoms with van der Waals surface area (Å²) < 4.78 is 5.10. The average Bonchev–Trinajstić information content (AvgIpc) is 2.43. The Morgan fingerprint density at radius 1 is 1.45 bits per heavy atom. The van der Waals surface area contributed by atoms with Gasteiger partial charge in [-0.15, -0.1) is 0 Å². The molecule has 0 aliphatic rings. The molecule has 112 valence electrons. The molecular weight excluding hydrogens is 276 g/mol. The van der Waals surface area contributed by atoms with Crippen LogP contribution in [0.3, 0.4) is 0 Å². The molecule has 0 aromatic heterocycles. The highest BCUT2D eigenvalue weighted by molar-refractivity contribution is 6.31. The van der Waals surface area contributed by atoms with Gasteiger partial charge in [-0.3, -0.25) is 4.79 Å². The number of ether oxygens (including phenoxy) is 1. The van der Waals surface area contributed by atoms with E-state index in [0.29, 0.717) is 18.1 Å². The number of rotatable bonds is 7. The molecule has 0 aliphatic carbocycles. The Morgan fingerprint density at radius 2 is 2.10 bits per heavy atom. The van der Waals surface area contributed by atoms with Crippen LogP contribution in [-0.2, 0) is 14.9 Å². The van der Waals surface area contributed by atoms with E-state index in [4.69, 9.17) is 22.1 Å². The number of nitrogens with two attached hydrogens (primary N) is 1. The molecule has 1 rings (SSSR count). The van der Waals surface area contributed by atoms with Crippen LogP contribution in [0.1, 0.15) is 25.8 Å². The Balaban J connectivity index is 2.60. The maximum Gasteiger partial charge on any atom is 0.222 e. The third-order valence-corrected chi connectivity index (χ3v) is 3.67. The summed E-state index contributed by atoms with van der Waals surface area (Å²) in [6.07, 6.45) is 0.0319. The number of carbonyl (C=O) groups excluding carboxylic acids is 1. The van der Waals surface area contributed by atoms with Crippen molar-refractivity contribution in [3.8, 4) is 0 Å². The van der Waals surface area contributed by atoms with E-state index in [1.807, 2.05) is 38.1 Å². The maximum absolute atomic E-state index is 11.9. The minimum atomic E-state index is -0.238. The van der Waals surface area contributed by atoms with Crippen LogP contribution in [0.5, 0.6) is 0 Å². The van der Waals surface area contributed by atoms with Gasteiger partial charge in [-0.2, -0.15) is 0 Å². The lowest BCUT2D eigenvalue weighted by molar-refractivity contribution is -0.123. The van der Waals surface area contributed by atoms with E-state index in [9.17, 15) is 4.79 Å². The first-order valence-electron chi connectivity index (χ1n) is 6.65. The number of hydrogen-bond donors (Lipinski definition) is 2. The van der Waals surface area contributed by atoms with E-state index < -0.39 is 0 Å². The lowest BCUT2D eigenvalue weighted by atomic mass is 9.84. The van der Waals surface area contributed by atoms with Crippen LogP contribution in [0.15, 0.2) is 24.3 Å². The summed E-state index contributed by atoms with van der Waals surface area (Å²) >= 11 is 6.20. The van der Waals surface area contributed by atoms with Crippen LogP contribution in [0.25, 0.3) is 0 Å². The van der Waals surface area contributed by atoms with Gasteiger partial charge in [-0.25, -0.2) is 0 Å². The van der Waals surface area contributed by atoms with Gasteiger partial charge >= 0.3 is 0 Å². The van der Waals surface area contributed by atoms with E-state index in [-0.39, 0.29) is 23.8 Å². The number of halogens is 1. The average molecular weight is 299 g/mol. The molecule has 0 radical (unpaired) electrons. The van der Waals surface area contributed by atoms with E-state index in [1.165, 1.54) is 0 Å². The molecule has 20 heavy (non-hydrogen) atoms. The molecule has 0 heterocycles. The maximum atomic E-state index is 11.9. The van der Waals surface area contributed by atoms with Crippen molar-refractivity contribution < 1.29 is 9.53 Å². The summed E-state index contributed by atoms with van der Waals surface area (Å²) in [6, 6.07) is 7.67. The van der Waals surface area contributed by atoms with Crippen LogP contribution in [-0.4, -0.2) is 32.2 Å². The third-order valence-electron chi connectivity index (χ3n) is 3.34. The van der Waals surface area contributed by atoms with Crippen molar-refractivity contribution in [2.45, 2.75) is 31.8 Å². The van der Waals surface area contributed by atoms with E-state index in [2.05, 4.69) is 5.32 Å². The topological polar surface area (TPSA) is 64.3 Å². The molecule has 1 aromatic rings. The Kier molecular flexibility index (Phi) is 6.46. The van der Waals surface area contributed by atoms with Gasteiger partial charge in [0.15, 0.2) is 0 Å². The highest BCUT2D eigenvalue weighted by Crippen LogP contribution is 2.28. The highest BCUT2D eigenvalue weighted by Gasteiger charge is 2.24. The highest BCUT2D eigenvalue weighted by atomic mass is 35.5. The summed E-state index contributed by atoms with van der Waals surface area (Å²) in [7, 11) is 1.55. The number of carbonyl (C=O) groups is 1. The van der Waals surface area contributed by atoms with Crippen molar-refractivity contribution in [1.29, 1.82) is 0 Å². The van der Waals surface area contributed by atoms with Gasteiger partial charge in [-0.05, 0) is 11.6 Å². The van der Waals surface area contributed by atoms with Gasteiger partial charge < -0.3 is 15.8 Å². The van der Waals surface area contributed by atoms with Crippen LogP contribution in [0.2, 0.25) is 5.02 Å². The largest absolute Gasteiger partial charge is 0.380 e. The second kappa shape index (κ2) is 7.62. The number of hydrogen-bond acceptors (Lipinski definition) is 3. The van der Waals surface area contributed by atoms with Gasteiger partial charge in [0.1, 0.15) is 0 Å². The van der Waals surface area contributed by atoms with E-state index in [1.54, 1.807) is 7.11 Å². The Morgan fingerprint density at radius 3 is 2.65 bits per heavy atom. The minimum Gasteiger partial charge on any atom is -0.380 e. The van der Waals surface area contributed by atoms with Crippen LogP contribution < -0.4 is 11.1 Å². The second-order valence-electron chi connectivity index (χ2n) is 5.44. The van der Waals surface area contributed by atoms with Crippen molar-refractivity contribution >= 4 is 17.5 Å². The fraction of sp³-hybridized carbons (Fsp3) is 0.533. The number of amides is 1. The van der Waals surface area contributed by atoms with Crippen LogP contribution >= 0.6 is 11.6 Å². The predicted octanol–water partition coefficient (Wildman–Crippen LogP) is 2.10. The summed E-state index contributed by atoms with van der Waals surface area (Å²) in [4.78, 5) is 11.9. The lowest BCUT2D eigenvalue weighted by Crippen LogP contribution is -2.39. The van der Waals surface area contributed by atoms with Crippen molar-refractivity contribution in [2.24, 2.45) is 5.73 Å². The van der Waals surface area contributed by atoms with Crippen molar-refractivity contribution in [3.05, 3.63) is 34.9 Å². The third kappa shape index (κ3) is 4.78. The molecule has 1 amide bonds. The smallest absolute Gasteiger partial charge is 0.222 e. The van der Waals surface area contributed by atoms with Crippen molar-refractivity contribution in [2.75, 3.05) is 20.2 Å². The fourth-order valence-electron chi connectivity index (χ4n) is 1.97. The van der Waals surface area contributed by atoms with Gasteiger partial charge in [-0.1, -0.05) is 43.6 Å². The Bertz CT molecular complexity index is 445. The number of methoxy groups -OCH3 is 1. The molecule has 0 fully saturated rings. The zero-order valence-corrected chi connectivity index (χ0v) is 13.0. The molecule has 1 atom stereocenters. The first-order chi connectivity index (χ1) is 9.40. The molecule has 0 saturated heterocycles. The second-order valence-corrected chi connectivity index (χ2v) is 5.85. The first kappa shape index (κ1) is 17.0. The molecule has 5 heteroatoms. The van der Waals surface area contributed by atoms with Gasteiger partial charge in [0, 0.05) is 30.6 Å².